The topological polar surface area (TPSA) is 23.5 Å². The summed E-state index contributed by atoms with van der Waals surface area (Å²) in [6.45, 7) is 4.47. The normalized spacial score (nSPS) is 11.1. The zero-order chi connectivity index (χ0) is 12.0. The van der Waals surface area contributed by atoms with Crippen LogP contribution in [0.2, 0.25) is 5.02 Å². The largest absolute Gasteiger partial charge is 0.396 e. The highest BCUT2D eigenvalue weighted by Crippen LogP contribution is 2.18. The van der Waals surface area contributed by atoms with Gasteiger partial charge in [-0.1, -0.05) is 18.5 Å². The predicted octanol–water partition coefficient (Wildman–Crippen LogP) is 2.68. The van der Waals surface area contributed by atoms with E-state index in [9.17, 15) is 4.39 Å². The highest BCUT2D eigenvalue weighted by Gasteiger charge is 2.07. The van der Waals surface area contributed by atoms with Gasteiger partial charge in [0.1, 0.15) is 5.82 Å². The van der Waals surface area contributed by atoms with Gasteiger partial charge in [-0.05, 0) is 36.7 Å². The van der Waals surface area contributed by atoms with Gasteiger partial charge >= 0.3 is 0 Å². The van der Waals surface area contributed by atoms with E-state index in [2.05, 4.69) is 4.90 Å². The molecule has 1 aromatic carbocycles. The molecule has 90 valence electrons. The van der Waals surface area contributed by atoms with Crippen molar-refractivity contribution >= 4 is 11.6 Å². The number of benzene rings is 1. The van der Waals surface area contributed by atoms with Crippen molar-refractivity contribution in [1.82, 2.24) is 4.90 Å². The number of nitrogens with zero attached hydrogens (tertiary/aromatic N) is 1. The average Bonchev–Trinajstić information content (AvgIpc) is 2.28. The van der Waals surface area contributed by atoms with E-state index in [1.165, 1.54) is 12.1 Å². The van der Waals surface area contributed by atoms with Crippen molar-refractivity contribution in [3.63, 3.8) is 0 Å². The van der Waals surface area contributed by atoms with E-state index in [0.717, 1.165) is 25.1 Å². The zero-order valence-electron chi connectivity index (χ0n) is 9.42. The third kappa shape index (κ3) is 4.08. The lowest BCUT2D eigenvalue weighted by molar-refractivity contribution is 0.225. The molecule has 0 radical (unpaired) electrons. The minimum Gasteiger partial charge on any atom is -0.396 e. The molecule has 16 heavy (non-hydrogen) atoms. The SMILES string of the molecule is CCN(CCCO)Cc1cc(F)ccc1Cl. The average molecular weight is 246 g/mol. The van der Waals surface area contributed by atoms with Gasteiger partial charge in [0, 0.05) is 24.7 Å². The van der Waals surface area contributed by atoms with E-state index < -0.39 is 0 Å². The Morgan fingerprint density at radius 1 is 1.44 bits per heavy atom. The fourth-order valence-electron chi connectivity index (χ4n) is 1.55. The fraction of sp³-hybridized carbons (Fsp3) is 0.500. The maximum atomic E-state index is 13.0. The van der Waals surface area contributed by atoms with Crippen molar-refractivity contribution < 1.29 is 9.50 Å². The minimum atomic E-state index is -0.266. The number of hydrogen-bond donors (Lipinski definition) is 1. The Kier molecular flexibility index (Phi) is 5.74. The smallest absolute Gasteiger partial charge is 0.123 e. The second-order valence-electron chi connectivity index (χ2n) is 3.68. The molecule has 0 spiro atoms. The van der Waals surface area contributed by atoms with E-state index in [4.69, 9.17) is 16.7 Å². The van der Waals surface area contributed by atoms with E-state index in [0.29, 0.717) is 11.6 Å². The molecule has 0 saturated heterocycles. The minimum absolute atomic E-state index is 0.174. The van der Waals surface area contributed by atoms with Crippen molar-refractivity contribution in [2.75, 3.05) is 19.7 Å². The van der Waals surface area contributed by atoms with Gasteiger partial charge < -0.3 is 5.11 Å². The monoisotopic (exact) mass is 245 g/mol. The Hall–Kier alpha value is -0.640. The van der Waals surface area contributed by atoms with Crippen molar-refractivity contribution in [2.45, 2.75) is 19.9 Å². The Bertz CT molecular complexity index is 333. The first-order chi connectivity index (χ1) is 7.67. The first-order valence-electron chi connectivity index (χ1n) is 5.44. The third-order valence-corrected chi connectivity index (χ3v) is 2.85. The molecular formula is C12H17ClFNO. The van der Waals surface area contributed by atoms with Gasteiger partial charge in [-0.25, -0.2) is 4.39 Å². The molecule has 0 aliphatic rings. The van der Waals surface area contributed by atoms with Gasteiger partial charge in [-0.15, -0.1) is 0 Å². The van der Waals surface area contributed by atoms with Gasteiger partial charge in [-0.2, -0.15) is 0 Å². The van der Waals surface area contributed by atoms with Gasteiger partial charge in [0.05, 0.1) is 0 Å². The Morgan fingerprint density at radius 2 is 2.19 bits per heavy atom. The highest BCUT2D eigenvalue weighted by atomic mass is 35.5. The van der Waals surface area contributed by atoms with Crippen molar-refractivity contribution in [2.24, 2.45) is 0 Å². The van der Waals surface area contributed by atoms with Crippen LogP contribution in [-0.4, -0.2) is 29.7 Å². The standard InChI is InChI=1S/C12H17ClFNO/c1-2-15(6-3-7-16)9-10-8-11(14)4-5-12(10)13/h4-5,8,16H,2-3,6-7,9H2,1H3. The molecule has 0 heterocycles. The summed E-state index contributed by atoms with van der Waals surface area (Å²) in [5, 5.41) is 9.35. The van der Waals surface area contributed by atoms with Crippen LogP contribution in [0.1, 0.15) is 18.9 Å². The van der Waals surface area contributed by atoms with E-state index in [1.807, 2.05) is 6.92 Å². The molecule has 2 nitrogen and oxygen atoms in total. The Balaban J connectivity index is 2.65. The van der Waals surface area contributed by atoms with Crippen LogP contribution in [0.5, 0.6) is 0 Å². The summed E-state index contributed by atoms with van der Waals surface area (Å²) in [6, 6.07) is 4.39. The summed E-state index contributed by atoms with van der Waals surface area (Å²) in [5.74, 6) is -0.266. The van der Waals surface area contributed by atoms with E-state index in [-0.39, 0.29) is 12.4 Å². The van der Waals surface area contributed by atoms with Crippen LogP contribution in [0.15, 0.2) is 18.2 Å². The van der Waals surface area contributed by atoms with Crippen LogP contribution in [-0.2, 0) is 6.54 Å². The Morgan fingerprint density at radius 3 is 2.81 bits per heavy atom. The number of rotatable bonds is 6. The van der Waals surface area contributed by atoms with Gasteiger partial charge in [-0.3, -0.25) is 4.90 Å². The molecular weight excluding hydrogens is 229 g/mol. The molecule has 0 unspecified atom stereocenters. The summed E-state index contributed by atoms with van der Waals surface area (Å²) in [5.41, 5.74) is 0.793. The summed E-state index contributed by atoms with van der Waals surface area (Å²) in [4.78, 5) is 2.12. The lowest BCUT2D eigenvalue weighted by Crippen LogP contribution is -2.24. The van der Waals surface area contributed by atoms with Crippen LogP contribution in [0.4, 0.5) is 4.39 Å². The molecule has 1 rings (SSSR count). The molecule has 0 bridgehead atoms. The first-order valence-corrected chi connectivity index (χ1v) is 5.82. The maximum Gasteiger partial charge on any atom is 0.123 e. The second-order valence-corrected chi connectivity index (χ2v) is 4.09. The summed E-state index contributed by atoms with van der Waals surface area (Å²) in [6.07, 6.45) is 0.723. The fourth-order valence-corrected chi connectivity index (χ4v) is 1.73. The highest BCUT2D eigenvalue weighted by molar-refractivity contribution is 6.31. The van der Waals surface area contributed by atoms with Crippen molar-refractivity contribution in [3.8, 4) is 0 Å². The first kappa shape index (κ1) is 13.4. The van der Waals surface area contributed by atoms with Crippen LogP contribution in [0.25, 0.3) is 0 Å². The maximum absolute atomic E-state index is 13.0. The summed E-state index contributed by atoms with van der Waals surface area (Å²) < 4.78 is 13.0. The molecule has 1 aromatic rings. The van der Waals surface area contributed by atoms with Gasteiger partial charge in [0.2, 0.25) is 0 Å². The third-order valence-electron chi connectivity index (χ3n) is 2.48. The summed E-state index contributed by atoms with van der Waals surface area (Å²) >= 11 is 5.99. The molecule has 4 heteroatoms. The van der Waals surface area contributed by atoms with Gasteiger partial charge in [0.15, 0.2) is 0 Å². The van der Waals surface area contributed by atoms with Crippen LogP contribution in [0, 0.1) is 5.82 Å². The Labute approximate surface area is 101 Å². The molecule has 0 saturated carbocycles. The van der Waals surface area contributed by atoms with Crippen LogP contribution < -0.4 is 0 Å². The summed E-state index contributed by atoms with van der Waals surface area (Å²) in [7, 11) is 0. The molecule has 0 aliphatic carbocycles. The molecule has 0 atom stereocenters. The lowest BCUT2D eigenvalue weighted by atomic mass is 10.2. The number of aliphatic hydroxyl groups excluding tert-OH is 1. The van der Waals surface area contributed by atoms with Crippen LogP contribution >= 0.6 is 11.6 Å². The molecule has 1 N–H and O–H groups in total. The number of aliphatic hydroxyl groups is 1. The molecule has 0 aliphatic heterocycles. The number of hydrogen-bond acceptors (Lipinski definition) is 2. The number of halogens is 2. The molecule has 0 amide bonds. The second kappa shape index (κ2) is 6.84. The van der Waals surface area contributed by atoms with E-state index in [1.54, 1.807) is 6.07 Å². The molecule has 0 fully saturated rings. The quantitative estimate of drug-likeness (QED) is 0.833. The van der Waals surface area contributed by atoms with Crippen LogP contribution in [0.3, 0.4) is 0 Å². The predicted molar refractivity (Wildman–Crippen MR) is 64.1 cm³/mol. The zero-order valence-corrected chi connectivity index (χ0v) is 10.2. The molecule has 0 aromatic heterocycles. The van der Waals surface area contributed by atoms with E-state index >= 15 is 0 Å². The van der Waals surface area contributed by atoms with Crippen molar-refractivity contribution in [1.29, 1.82) is 0 Å². The van der Waals surface area contributed by atoms with Crippen molar-refractivity contribution in [3.05, 3.63) is 34.6 Å². The lowest BCUT2D eigenvalue weighted by Gasteiger charge is -2.20. The van der Waals surface area contributed by atoms with Gasteiger partial charge in [0.25, 0.3) is 0 Å².